The maximum atomic E-state index is 13.0. The summed E-state index contributed by atoms with van der Waals surface area (Å²) in [5.74, 6) is 0.436. The van der Waals surface area contributed by atoms with Crippen molar-refractivity contribution in [2.45, 2.75) is 12.2 Å². The first-order valence-electron chi connectivity index (χ1n) is 5.43. The zero-order chi connectivity index (χ0) is 14.6. The molecule has 0 aliphatic rings. The van der Waals surface area contributed by atoms with Gasteiger partial charge < -0.3 is 19.5 Å². The Labute approximate surface area is 109 Å². The second-order valence-corrected chi connectivity index (χ2v) is 3.69. The Morgan fingerprint density at radius 3 is 1.95 bits per heavy atom. The molecule has 0 aromatic heterocycles. The molecule has 1 unspecified atom stereocenters. The van der Waals surface area contributed by atoms with E-state index in [9.17, 15) is 13.2 Å². The number of methoxy groups -OCH3 is 3. The topological polar surface area (TPSA) is 39.7 Å². The summed E-state index contributed by atoms with van der Waals surface area (Å²) in [7, 11) is 5.25. The molecule has 0 fully saturated rings. The average Bonchev–Trinajstić information content (AvgIpc) is 2.36. The third kappa shape index (κ3) is 3.04. The zero-order valence-electron chi connectivity index (χ0n) is 11.1. The number of hydrogen-bond acceptors (Lipinski definition) is 4. The van der Waals surface area contributed by atoms with E-state index >= 15 is 0 Å². The van der Waals surface area contributed by atoms with Gasteiger partial charge in [-0.15, -0.1) is 0 Å². The summed E-state index contributed by atoms with van der Waals surface area (Å²) in [6.07, 6.45) is -4.44. The quantitative estimate of drug-likeness (QED) is 0.899. The Bertz CT molecular complexity index is 435. The van der Waals surface area contributed by atoms with Crippen LogP contribution in [-0.2, 0) is 0 Å². The van der Waals surface area contributed by atoms with Crippen LogP contribution < -0.4 is 19.5 Å². The Morgan fingerprint density at radius 2 is 1.58 bits per heavy atom. The fraction of sp³-hybridized carbons (Fsp3) is 0.500. The van der Waals surface area contributed by atoms with Gasteiger partial charge in [0, 0.05) is 5.56 Å². The van der Waals surface area contributed by atoms with Crippen molar-refractivity contribution >= 4 is 0 Å². The lowest BCUT2D eigenvalue weighted by atomic mass is 10.0. The van der Waals surface area contributed by atoms with E-state index in [1.807, 2.05) is 0 Å². The van der Waals surface area contributed by atoms with E-state index in [2.05, 4.69) is 5.32 Å². The molecule has 0 bridgehead atoms. The monoisotopic (exact) mass is 279 g/mol. The van der Waals surface area contributed by atoms with Crippen molar-refractivity contribution in [2.24, 2.45) is 0 Å². The van der Waals surface area contributed by atoms with E-state index in [-0.39, 0.29) is 17.1 Å². The summed E-state index contributed by atoms with van der Waals surface area (Å²) >= 11 is 0. The molecule has 1 aromatic carbocycles. The fourth-order valence-corrected chi connectivity index (χ4v) is 1.85. The molecule has 0 amide bonds. The van der Waals surface area contributed by atoms with Gasteiger partial charge in [-0.1, -0.05) is 0 Å². The van der Waals surface area contributed by atoms with E-state index in [4.69, 9.17) is 14.2 Å². The Hall–Kier alpha value is -1.63. The Balaban J connectivity index is 3.43. The molecule has 0 heterocycles. The van der Waals surface area contributed by atoms with Gasteiger partial charge in [0.1, 0.15) is 6.04 Å². The number of halogens is 3. The molecule has 1 N–H and O–H groups in total. The molecule has 108 valence electrons. The number of hydrogen-bond donors (Lipinski definition) is 1. The highest BCUT2D eigenvalue weighted by Gasteiger charge is 2.42. The number of benzene rings is 1. The predicted molar refractivity (Wildman–Crippen MR) is 64.0 cm³/mol. The predicted octanol–water partition coefficient (Wildman–Crippen LogP) is 2.54. The zero-order valence-corrected chi connectivity index (χ0v) is 11.1. The highest BCUT2D eigenvalue weighted by Crippen LogP contribution is 2.45. The molecule has 1 atom stereocenters. The van der Waals surface area contributed by atoms with Crippen LogP contribution in [0, 0.1) is 0 Å². The first-order chi connectivity index (χ1) is 8.90. The largest absolute Gasteiger partial charge is 0.493 e. The summed E-state index contributed by atoms with van der Waals surface area (Å²) in [6, 6.07) is 0.865. The van der Waals surface area contributed by atoms with Crippen LogP contribution in [0.2, 0.25) is 0 Å². The van der Waals surface area contributed by atoms with Crippen molar-refractivity contribution < 1.29 is 27.4 Å². The number of rotatable bonds is 5. The summed E-state index contributed by atoms with van der Waals surface area (Å²) < 4.78 is 54.0. The molecule has 4 nitrogen and oxygen atoms in total. The summed E-state index contributed by atoms with van der Waals surface area (Å²) in [5.41, 5.74) is -0.0600. The Kier molecular flexibility index (Phi) is 4.88. The molecule has 7 heteroatoms. The highest BCUT2D eigenvalue weighted by molar-refractivity contribution is 5.57. The first kappa shape index (κ1) is 15.4. The molecule has 19 heavy (non-hydrogen) atoms. The van der Waals surface area contributed by atoms with E-state index in [1.165, 1.54) is 40.5 Å². The molecular formula is C12H16F3NO3. The van der Waals surface area contributed by atoms with Gasteiger partial charge in [0.25, 0.3) is 0 Å². The molecule has 0 aliphatic heterocycles. The molecule has 0 spiro atoms. The first-order valence-corrected chi connectivity index (χ1v) is 5.43. The van der Waals surface area contributed by atoms with E-state index in [0.717, 1.165) is 0 Å². The normalized spacial score (nSPS) is 13.0. The third-order valence-electron chi connectivity index (χ3n) is 2.66. The van der Waals surface area contributed by atoms with Crippen LogP contribution in [-0.4, -0.2) is 34.6 Å². The van der Waals surface area contributed by atoms with Crippen LogP contribution in [0.4, 0.5) is 13.2 Å². The van der Waals surface area contributed by atoms with Crippen molar-refractivity contribution in [2.75, 3.05) is 28.4 Å². The minimum Gasteiger partial charge on any atom is -0.493 e. The smallest absolute Gasteiger partial charge is 0.408 e. The molecule has 0 saturated carbocycles. The van der Waals surface area contributed by atoms with Gasteiger partial charge >= 0.3 is 6.18 Å². The van der Waals surface area contributed by atoms with Crippen LogP contribution >= 0.6 is 0 Å². The average molecular weight is 279 g/mol. The maximum absolute atomic E-state index is 13.0. The van der Waals surface area contributed by atoms with Crippen molar-refractivity contribution in [1.82, 2.24) is 5.32 Å². The molecular weight excluding hydrogens is 263 g/mol. The summed E-state index contributed by atoms with van der Waals surface area (Å²) in [4.78, 5) is 0. The lowest BCUT2D eigenvalue weighted by molar-refractivity contribution is -0.156. The van der Waals surface area contributed by atoms with E-state index in [0.29, 0.717) is 5.75 Å². The minimum atomic E-state index is -4.44. The maximum Gasteiger partial charge on any atom is 0.408 e. The van der Waals surface area contributed by atoms with E-state index in [1.54, 1.807) is 0 Å². The second kappa shape index (κ2) is 6.01. The number of nitrogens with one attached hydrogen (secondary N) is 1. The van der Waals surface area contributed by atoms with Gasteiger partial charge in [-0.2, -0.15) is 13.2 Å². The van der Waals surface area contributed by atoms with Gasteiger partial charge in [-0.3, -0.25) is 0 Å². The molecule has 1 rings (SSSR count). The number of alkyl halides is 3. The van der Waals surface area contributed by atoms with Gasteiger partial charge in [0.15, 0.2) is 11.5 Å². The van der Waals surface area contributed by atoms with Crippen molar-refractivity contribution in [3.05, 3.63) is 17.7 Å². The SMILES string of the molecule is CNC(c1ccc(OC)c(OC)c1OC)C(F)(F)F. The van der Waals surface area contributed by atoms with Gasteiger partial charge in [0.2, 0.25) is 5.75 Å². The summed E-state index contributed by atoms with van der Waals surface area (Å²) in [5, 5.41) is 2.22. The third-order valence-corrected chi connectivity index (χ3v) is 2.66. The second-order valence-electron chi connectivity index (χ2n) is 3.69. The van der Waals surface area contributed by atoms with Crippen molar-refractivity contribution in [3.63, 3.8) is 0 Å². The van der Waals surface area contributed by atoms with Crippen LogP contribution in [0.15, 0.2) is 12.1 Å². The van der Waals surface area contributed by atoms with Gasteiger partial charge in [0.05, 0.1) is 21.3 Å². The minimum absolute atomic E-state index is 0.00137. The van der Waals surface area contributed by atoms with Gasteiger partial charge in [-0.05, 0) is 19.2 Å². The van der Waals surface area contributed by atoms with E-state index < -0.39 is 12.2 Å². The highest BCUT2D eigenvalue weighted by atomic mass is 19.4. The molecule has 1 aromatic rings. The lowest BCUT2D eigenvalue weighted by Gasteiger charge is -2.23. The van der Waals surface area contributed by atoms with Crippen molar-refractivity contribution in [1.29, 1.82) is 0 Å². The van der Waals surface area contributed by atoms with Crippen LogP contribution in [0.5, 0.6) is 17.2 Å². The fourth-order valence-electron chi connectivity index (χ4n) is 1.85. The van der Waals surface area contributed by atoms with Crippen LogP contribution in [0.3, 0.4) is 0 Å². The molecule has 0 saturated heterocycles. The lowest BCUT2D eigenvalue weighted by Crippen LogP contribution is -2.32. The molecule has 0 radical (unpaired) electrons. The van der Waals surface area contributed by atoms with Crippen LogP contribution in [0.25, 0.3) is 0 Å². The Morgan fingerprint density at radius 1 is 1.00 bits per heavy atom. The standard InChI is InChI=1S/C12H16F3NO3/c1-16-11(12(13,14)15)7-5-6-8(17-2)10(19-4)9(7)18-3/h5-6,11,16H,1-4H3. The summed E-state index contributed by atoms with van der Waals surface area (Å²) in [6.45, 7) is 0. The number of ether oxygens (including phenoxy) is 3. The van der Waals surface area contributed by atoms with Crippen LogP contribution in [0.1, 0.15) is 11.6 Å². The van der Waals surface area contributed by atoms with Gasteiger partial charge in [-0.25, -0.2) is 0 Å². The van der Waals surface area contributed by atoms with Crippen molar-refractivity contribution in [3.8, 4) is 17.2 Å². The molecule has 0 aliphatic carbocycles.